The first-order valence-electron chi connectivity index (χ1n) is 6.87. The van der Waals surface area contributed by atoms with E-state index in [1.54, 1.807) is 11.8 Å². The molecule has 19 heavy (non-hydrogen) atoms. The van der Waals surface area contributed by atoms with Crippen molar-refractivity contribution in [2.45, 2.75) is 51.3 Å². The summed E-state index contributed by atoms with van der Waals surface area (Å²) in [6.45, 7) is 6.81. The first-order valence-corrected chi connectivity index (χ1v) is 7.86. The van der Waals surface area contributed by atoms with Crippen LogP contribution < -0.4 is 0 Å². The Hall–Kier alpha value is -0.970. The van der Waals surface area contributed by atoms with Gasteiger partial charge in [-0.15, -0.1) is 0 Å². The average molecular weight is 280 g/mol. The predicted octanol–water partition coefficient (Wildman–Crippen LogP) is 2.78. The van der Waals surface area contributed by atoms with Crippen molar-refractivity contribution in [3.05, 3.63) is 11.5 Å². The van der Waals surface area contributed by atoms with E-state index in [0.717, 1.165) is 23.8 Å². The van der Waals surface area contributed by atoms with Gasteiger partial charge in [0.05, 0.1) is 11.1 Å². The van der Waals surface area contributed by atoms with Crippen LogP contribution in [-0.2, 0) is 4.79 Å². The number of β-lactam (4-membered cyclic amide) rings is 1. The first kappa shape index (κ1) is 13.0. The highest BCUT2D eigenvalue weighted by molar-refractivity contribution is 7.99. The van der Waals surface area contributed by atoms with E-state index in [9.17, 15) is 4.79 Å². The van der Waals surface area contributed by atoms with Crippen LogP contribution in [0.15, 0.2) is 9.64 Å². The Labute approximate surface area is 117 Å². The molecule has 0 spiro atoms. The molecule has 0 bridgehead atoms. The molecule has 0 radical (unpaired) electrons. The second kappa shape index (κ2) is 4.54. The van der Waals surface area contributed by atoms with Crippen LogP contribution in [0.2, 0.25) is 0 Å². The average Bonchev–Trinajstić information content (AvgIpc) is 2.63. The third-order valence-electron chi connectivity index (χ3n) is 4.34. The van der Waals surface area contributed by atoms with E-state index in [1.807, 2.05) is 13.8 Å². The number of carbonyl (C=O) groups is 1. The molecule has 1 saturated carbocycles. The summed E-state index contributed by atoms with van der Waals surface area (Å²) in [7, 11) is 0. The number of likely N-dealkylation sites (tertiary alicyclic amines) is 1. The molecule has 1 unspecified atom stereocenters. The van der Waals surface area contributed by atoms with Gasteiger partial charge >= 0.3 is 0 Å². The fraction of sp³-hybridized carbons (Fsp3) is 0.714. The summed E-state index contributed by atoms with van der Waals surface area (Å²) in [5.41, 5.74) is 0.708. The lowest BCUT2D eigenvalue weighted by molar-refractivity contribution is -0.163. The zero-order valence-corrected chi connectivity index (χ0v) is 12.5. The highest BCUT2D eigenvalue weighted by Gasteiger charge is 2.51. The van der Waals surface area contributed by atoms with Crippen LogP contribution in [0.5, 0.6) is 0 Å². The molecule has 104 valence electrons. The number of oxazole rings is 1. The van der Waals surface area contributed by atoms with Crippen molar-refractivity contribution in [3.8, 4) is 0 Å². The Kier molecular flexibility index (Phi) is 3.12. The summed E-state index contributed by atoms with van der Waals surface area (Å²) in [6.07, 6.45) is 3.65. The fourth-order valence-corrected chi connectivity index (χ4v) is 3.64. The van der Waals surface area contributed by atoms with Gasteiger partial charge in [-0.25, -0.2) is 4.98 Å². The van der Waals surface area contributed by atoms with Gasteiger partial charge in [0.1, 0.15) is 5.76 Å². The number of aryl methyl sites for hydroxylation is 2. The van der Waals surface area contributed by atoms with Gasteiger partial charge in [0.25, 0.3) is 5.22 Å². The Morgan fingerprint density at radius 3 is 2.68 bits per heavy atom. The molecule has 2 aliphatic rings. The Morgan fingerprint density at radius 2 is 2.21 bits per heavy atom. The van der Waals surface area contributed by atoms with Gasteiger partial charge < -0.3 is 9.32 Å². The van der Waals surface area contributed by atoms with Crippen molar-refractivity contribution in [3.63, 3.8) is 0 Å². The lowest BCUT2D eigenvalue weighted by Crippen LogP contribution is -2.65. The number of hydrogen-bond donors (Lipinski definition) is 0. The highest BCUT2D eigenvalue weighted by atomic mass is 32.2. The number of amides is 1. The maximum absolute atomic E-state index is 12.3. The summed E-state index contributed by atoms with van der Waals surface area (Å²) in [6, 6.07) is 0.525. The minimum atomic E-state index is -0.226. The molecule has 2 heterocycles. The van der Waals surface area contributed by atoms with Gasteiger partial charge in [-0.2, -0.15) is 0 Å². The molecule has 1 aliphatic carbocycles. The molecular formula is C14H20N2O2S. The SMILES string of the molecule is Cc1nc(SCC2(C)CN(C3CCC3)C2=O)oc1C. The smallest absolute Gasteiger partial charge is 0.256 e. The van der Waals surface area contributed by atoms with Crippen LogP contribution in [-0.4, -0.2) is 34.1 Å². The van der Waals surface area contributed by atoms with Crippen LogP contribution in [0.25, 0.3) is 0 Å². The van der Waals surface area contributed by atoms with Crippen molar-refractivity contribution < 1.29 is 9.21 Å². The molecule has 1 aliphatic heterocycles. The van der Waals surface area contributed by atoms with E-state index >= 15 is 0 Å². The Balaban J connectivity index is 1.56. The van der Waals surface area contributed by atoms with Crippen molar-refractivity contribution in [2.24, 2.45) is 5.41 Å². The molecule has 1 aromatic rings. The van der Waals surface area contributed by atoms with Gasteiger partial charge in [-0.1, -0.05) is 11.8 Å². The number of thioether (sulfide) groups is 1. The molecule has 1 aromatic heterocycles. The van der Waals surface area contributed by atoms with Gasteiger partial charge in [-0.05, 0) is 40.0 Å². The lowest BCUT2D eigenvalue weighted by atomic mass is 9.78. The van der Waals surface area contributed by atoms with Gasteiger partial charge in [-0.3, -0.25) is 4.79 Å². The van der Waals surface area contributed by atoms with Gasteiger partial charge in [0.2, 0.25) is 5.91 Å². The first-order chi connectivity index (χ1) is 8.99. The third kappa shape index (κ3) is 2.18. The zero-order chi connectivity index (χ0) is 13.6. The van der Waals surface area contributed by atoms with Gasteiger partial charge in [0, 0.05) is 18.3 Å². The summed E-state index contributed by atoms with van der Waals surface area (Å²) >= 11 is 1.56. The summed E-state index contributed by atoms with van der Waals surface area (Å²) < 4.78 is 5.55. The van der Waals surface area contributed by atoms with E-state index < -0.39 is 0 Å². The number of aromatic nitrogens is 1. The minimum absolute atomic E-state index is 0.226. The molecule has 1 saturated heterocycles. The molecule has 0 aromatic carbocycles. The molecule has 1 amide bonds. The van der Waals surface area contributed by atoms with Crippen LogP contribution in [0.1, 0.15) is 37.6 Å². The molecule has 4 nitrogen and oxygen atoms in total. The van der Waals surface area contributed by atoms with Crippen molar-refractivity contribution in [2.75, 3.05) is 12.3 Å². The summed E-state index contributed by atoms with van der Waals surface area (Å²) in [4.78, 5) is 18.7. The molecule has 5 heteroatoms. The molecule has 3 rings (SSSR count). The standard InChI is InChI=1S/C14H20N2O2S/c1-9-10(2)18-13(15-9)19-8-14(3)7-16(12(14)17)11-5-4-6-11/h11H,4-8H2,1-3H3. The van der Waals surface area contributed by atoms with Gasteiger partial charge in [0.15, 0.2) is 0 Å². The minimum Gasteiger partial charge on any atom is -0.437 e. The van der Waals surface area contributed by atoms with E-state index in [-0.39, 0.29) is 5.41 Å². The van der Waals surface area contributed by atoms with Crippen molar-refractivity contribution in [1.29, 1.82) is 0 Å². The van der Waals surface area contributed by atoms with E-state index in [4.69, 9.17) is 4.42 Å². The molecule has 0 N–H and O–H groups in total. The van der Waals surface area contributed by atoms with Crippen LogP contribution in [0, 0.1) is 19.3 Å². The van der Waals surface area contributed by atoms with E-state index in [0.29, 0.717) is 17.2 Å². The van der Waals surface area contributed by atoms with E-state index in [2.05, 4.69) is 16.8 Å². The molecule has 1 atom stereocenters. The number of nitrogens with zero attached hydrogens (tertiary/aromatic N) is 2. The summed E-state index contributed by atoms with van der Waals surface area (Å²) in [5.74, 6) is 1.93. The number of hydrogen-bond acceptors (Lipinski definition) is 4. The van der Waals surface area contributed by atoms with E-state index in [1.165, 1.54) is 19.3 Å². The zero-order valence-electron chi connectivity index (χ0n) is 11.7. The topological polar surface area (TPSA) is 46.3 Å². The molecule has 2 fully saturated rings. The predicted molar refractivity (Wildman–Crippen MR) is 74.2 cm³/mol. The Morgan fingerprint density at radius 1 is 1.47 bits per heavy atom. The van der Waals surface area contributed by atoms with Crippen LogP contribution >= 0.6 is 11.8 Å². The quantitative estimate of drug-likeness (QED) is 0.628. The number of rotatable bonds is 4. The van der Waals surface area contributed by atoms with Crippen molar-refractivity contribution in [1.82, 2.24) is 9.88 Å². The maximum Gasteiger partial charge on any atom is 0.256 e. The van der Waals surface area contributed by atoms with Crippen LogP contribution in [0.4, 0.5) is 0 Å². The number of carbonyl (C=O) groups excluding carboxylic acids is 1. The second-order valence-corrected chi connectivity index (χ2v) is 6.92. The summed E-state index contributed by atoms with van der Waals surface area (Å²) in [5, 5.41) is 0.686. The maximum atomic E-state index is 12.3. The molecular weight excluding hydrogens is 260 g/mol. The third-order valence-corrected chi connectivity index (χ3v) is 5.54. The normalized spacial score (nSPS) is 27.3. The largest absolute Gasteiger partial charge is 0.437 e. The highest BCUT2D eigenvalue weighted by Crippen LogP contribution is 2.41. The lowest BCUT2D eigenvalue weighted by Gasteiger charge is -2.52. The van der Waals surface area contributed by atoms with Crippen molar-refractivity contribution >= 4 is 17.7 Å². The Bertz CT molecular complexity index is 490. The fourth-order valence-electron chi connectivity index (χ4n) is 2.60. The van der Waals surface area contributed by atoms with Crippen LogP contribution in [0.3, 0.4) is 0 Å². The second-order valence-electron chi connectivity index (χ2n) is 5.99. The monoisotopic (exact) mass is 280 g/mol.